The lowest BCUT2D eigenvalue weighted by Gasteiger charge is -2.16. The second kappa shape index (κ2) is 33.1. The van der Waals surface area contributed by atoms with Crippen molar-refractivity contribution >= 4 is 11.9 Å². The Morgan fingerprint density at radius 2 is 0.976 bits per heavy atom. The first-order valence-corrected chi connectivity index (χ1v) is 17.3. The van der Waals surface area contributed by atoms with Crippen LogP contribution in [0.25, 0.3) is 0 Å². The molecule has 0 aromatic carbocycles. The van der Waals surface area contributed by atoms with E-state index in [9.17, 15) is 9.59 Å². The van der Waals surface area contributed by atoms with Crippen LogP contribution in [0.5, 0.6) is 0 Å². The molecule has 0 aromatic rings. The first-order valence-electron chi connectivity index (χ1n) is 17.3. The SMILES string of the molecule is CC/C=C\C/C=C\C/C=C\C/C=C\C/C=C\CCCCCCCC(=O)OC(CC)CCCCCCCCCCC(=O)O. The summed E-state index contributed by atoms with van der Waals surface area (Å²) in [6.07, 6.45) is 46.0. The molecule has 4 heteroatoms. The van der Waals surface area contributed by atoms with Gasteiger partial charge in [0.2, 0.25) is 0 Å². The largest absolute Gasteiger partial charge is 0.481 e. The molecule has 0 aromatic heterocycles. The Bertz CT molecular complexity index is 759. The predicted molar refractivity (Wildman–Crippen MR) is 181 cm³/mol. The lowest BCUT2D eigenvalue weighted by molar-refractivity contribution is -0.149. The van der Waals surface area contributed by atoms with Crippen molar-refractivity contribution in [1.29, 1.82) is 0 Å². The van der Waals surface area contributed by atoms with Crippen LogP contribution in [0.3, 0.4) is 0 Å². The lowest BCUT2D eigenvalue weighted by Crippen LogP contribution is -2.17. The highest BCUT2D eigenvalue weighted by Crippen LogP contribution is 2.15. The second-order valence-electron chi connectivity index (χ2n) is 11.3. The zero-order chi connectivity index (χ0) is 30.8. The molecule has 0 bridgehead atoms. The van der Waals surface area contributed by atoms with E-state index in [1.807, 2.05) is 0 Å². The Balaban J connectivity index is 3.56. The summed E-state index contributed by atoms with van der Waals surface area (Å²) in [5.41, 5.74) is 0. The molecule has 0 amide bonds. The number of carbonyl (C=O) groups is 2. The first kappa shape index (κ1) is 39.6. The number of aliphatic carboxylic acids is 1. The number of esters is 1. The maximum absolute atomic E-state index is 12.2. The molecule has 240 valence electrons. The number of hydrogen-bond donors (Lipinski definition) is 1. The van der Waals surface area contributed by atoms with Gasteiger partial charge in [0.25, 0.3) is 0 Å². The quantitative estimate of drug-likeness (QED) is 0.0518. The molecule has 1 atom stereocenters. The summed E-state index contributed by atoms with van der Waals surface area (Å²) in [7, 11) is 0. The van der Waals surface area contributed by atoms with Crippen LogP contribution in [0.4, 0.5) is 0 Å². The molecular weight excluding hydrogens is 520 g/mol. The molecule has 0 aliphatic carbocycles. The number of carboxylic acids is 1. The summed E-state index contributed by atoms with van der Waals surface area (Å²) in [4.78, 5) is 22.7. The van der Waals surface area contributed by atoms with Crippen LogP contribution in [-0.2, 0) is 14.3 Å². The van der Waals surface area contributed by atoms with Crippen molar-refractivity contribution in [2.24, 2.45) is 0 Å². The molecule has 0 spiro atoms. The highest BCUT2D eigenvalue weighted by Gasteiger charge is 2.12. The monoisotopic (exact) mass is 584 g/mol. The molecule has 0 saturated heterocycles. The van der Waals surface area contributed by atoms with Crippen LogP contribution in [0.2, 0.25) is 0 Å². The molecule has 1 unspecified atom stereocenters. The van der Waals surface area contributed by atoms with Gasteiger partial charge in [0.05, 0.1) is 0 Å². The van der Waals surface area contributed by atoms with Gasteiger partial charge < -0.3 is 9.84 Å². The highest BCUT2D eigenvalue weighted by molar-refractivity contribution is 5.69. The molecule has 0 saturated carbocycles. The van der Waals surface area contributed by atoms with E-state index in [1.54, 1.807) is 0 Å². The Hall–Kier alpha value is -2.36. The normalized spacial score (nSPS) is 13.0. The molecule has 0 fully saturated rings. The van der Waals surface area contributed by atoms with Gasteiger partial charge in [-0.25, -0.2) is 0 Å². The standard InChI is InChI=1S/C38H64O4/c1-3-5-6-7-8-9-10-11-12-13-14-15-16-17-18-19-20-21-26-29-32-35-38(41)42-36(4-2)33-30-27-24-22-23-25-28-31-34-37(39)40/h5-6,8-9,11-12,14-15,17-18,36H,3-4,7,10,13,16,19-35H2,1-2H3,(H,39,40)/b6-5-,9-8-,12-11-,15-14-,18-17-. The van der Waals surface area contributed by atoms with E-state index in [2.05, 4.69) is 74.6 Å². The van der Waals surface area contributed by atoms with E-state index in [-0.39, 0.29) is 12.1 Å². The van der Waals surface area contributed by atoms with Gasteiger partial charge in [-0.1, -0.05) is 132 Å². The van der Waals surface area contributed by atoms with Crippen molar-refractivity contribution < 1.29 is 19.4 Å². The highest BCUT2D eigenvalue weighted by atomic mass is 16.5. The van der Waals surface area contributed by atoms with E-state index in [1.165, 1.54) is 44.9 Å². The Labute approximate surface area is 259 Å². The van der Waals surface area contributed by atoms with Crippen molar-refractivity contribution in [1.82, 2.24) is 0 Å². The second-order valence-corrected chi connectivity index (χ2v) is 11.3. The van der Waals surface area contributed by atoms with Crippen LogP contribution in [-0.4, -0.2) is 23.1 Å². The number of hydrogen-bond acceptors (Lipinski definition) is 3. The van der Waals surface area contributed by atoms with Gasteiger partial charge in [0.1, 0.15) is 6.10 Å². The van der Waals surface area contributed by atoms with E-state index < -0.39 is 5.97 Å². The third kappa shape index (κ3) is 32.2. The van der Waals surface area contributed by atoms with Crippen molar-refractivity contribution in [2.75, 3.05) is 0 Å². The summed E-state index contributed by atoms with van der Waals surface area (Å²) < 4.78 is 5.72. The molecule has 42 heavy (non-hydrogen) atoms. The first-order chi connectivity index (χ1) is 20.6. The number of unbranched alkanes of at least 4 members (excludes halogenated alkanes) is 12. The van der Waals surface area contributed by atoms with E-state index in [4.69, 9.17) is 9.84 Å². The van der Waals surface area contributed by atoms with Gasteiger partial charge in [-0.2, -0.15) is 0 Å². The number of carboxylic acid groups (broad SMARTS) is 1. The Kier molecular flexibility index (Phi) is 31.3. The summed E-state index contributed by atoms with van der Waals surface area (Å²) in [6, 6.07) is 0. The number of carbonyl (C=O) groups excluding carboxylic acids is 1. The molecule has 4 nitrogen and oxygen atoms in total. The molecule has 0 aliphatic rings. The molecule has 0 aliphatic heterocycles. The van der Waals surface area contributed by atoms with Gasteiger partial charge in [0.15, 0.2) is 0 Å². The average molecular weight is 585 g/mol. The zero-order valence-electron chi connectivity index (χ0n) is 27.3. The third-order valence-corrected chi connectivity index (χ3v) is 7.33. The summed E-state index contributed by atoms with van der Waals surface area (Å²) in [5, 5.41) is 8.65. The Morgan fingerprint density at radius 1 is 0.548 bits per heavy atom. The molecule has 0 rings (SSSR count). The maximum atomic E-state index is 12.2. The van der Waals surface area contributed by atoms with Crippen molar-refractivity contribution in [2.45, 2.75) is 168 Å². The lowest BCUT2D eigenvalue weighted by atomic mass is 10.0. The van der Waals surface area contributed by atoms with Gasteiger partial charge in [-0.15, -0.1) is 0 Å². The van der Waals surface area contributed by atoms with Crippen LogP contribution >= 0.6 is 0 Å². The van der Waals surface area contributed by atoms with E-state index in [0.29, 0.717) is 12.8 Å². The number of allylic oxidation sites excluding steroid dienone is 10. The molecule has 1 N–H and O–H groups in total. The molecular formula is C38H64O4. The molecule has 0 radical (unpaired) electrons. The summed E-state index contributed by atoms with van der Waals surface area (Å²) >= 11 is 0. The summed E-state index contributed by atoms with van der Waals surface area (Å²) in [5.74, 6) is -0.716. The predicted octanol–water partition coefficient (Wildman–Crippen LogP) is 11.8. The van der Waals surface area contributed by atoms with Gasteiger partial charge in [-0.05, 0) is 77.0 Å². The van der Waals surface area contributed by atoms with Gasteiger partial charge >= 0.3 is 11.9 Å². The Morgan fingerprint density at radius 3 is 1.48 bits per heavy atom. The number of rotatable bonds is 30. The summed E-state index contributed by atoms with van der Waals surface area (Å²) in [6.45, 7) is 4.26. The molecule has 0 heterocycles. The van der Waals surface area contributed by atoms with E-state index in [0.717, 1.165) is 89.9 Å². The fourth-order valence-electron chi connectivity index (χ4n) is 4.73. The average Bonchev–Trinajstić information content (AvgIpc) is 2.98. The fourth-order valence-corrected chi connectivity index (χ4v) is 4.73. The smallest absolute Gasteiger partial charge is 0.306 e. The van der Waals surface area contributed by atoms with Crippen LogP contribution < -0.4 is 0 Å². The minimum Gasteiger partial charge on any atom is -0.481 e. The minimum atomic E-state index is -0.690. The number of ether oxygens (including phenoxy) is 1. The van der Waals surface area contributed by atoms with Crippen LogP contribution in [0.1, 0.15) is 162 Å². The van der Waals surface area contributed by atoms with Gasteiger partial charge in [-0.3, -0.25) is 9.59 Å². The van der Waals surface area contributed by atoms with Crippen LogP contribution in [0.15, 0.2) is 60.8 Å². The fraction of sp³-hybridized carbons (Fsp3) is 0.684. The maximum Gasteiger partial charge on any atom is 0.306 e. The van der Waals surface area contributed by atoms with E-state index >= 15 is 0 Å². The topological polar surface area (TPSA) is 63.6 Å². The van der Waals surface area contributed by atoms with Crippen molar-refractivity contribution in [3.63, 3.8) is 0 Å². The van der Waals surface area contributed by atoms with Crippen molar-refractivity contribution in [3.05, 3.63) is 60.8 Å². The van der Waals surface area contributed by atoms with Gasteiger partial charge in [0, 0.05) is 12.8 Å². The zero-order valence-corrected chi connectivity index (χ0v) is 27.3. The van der Waals surface area contributed by atoms with Crippen molar-refractivity contribution in [3.8, 4) is 0 Å². The third-order valence-electron chi connectivity index (χ3n) is 7.33. The minimum absolute atomic E-state index is 0.0259. The van der Waals surface area contributed by atoms with Crippen LogP contribution in [0, 0.1) is 0 Å².